The fraction of sp³-hybridized carbons (Fsp3) is 0.250. The summed E-state index contributed by atoms with van der Waals surface area (Å²) >= 11 is 11.6. The third-order valence-electron chi connectivity index (χ3n) is 1.58. The van der Waals surface area contributed by atoms with Gasteiger partial charge >= 0.3 is 0 Å². The molecule has 1 aliphatic rings. The summed E-state index contributed by atoms with van der Waals surface area (Å²) in [5.74, 6) is -0.732. The Bertz CT molecular complexity index is 303. The van der Waals surface area contributed by atoms with E-state index in [0.29, 0.717) is 0 Å². The van der Waals surface area contributed by atoms with E-state index in [2.05, 4.69) is 0 Å². The number of nitrogens with zero attached hydrogens (tertiary/aromatic N) is 1. The Morgan fingerprint density at radius 1 is 1.58 bits per heavy atom. The molecular weight excluding hydrogens is 197 g/mol. The standard InChI is InChI=1S/C8H5Cl2NO/c9-6-3-1-2-4-8(6,10)7(12)5-11/h1-4,6H. The van der Waals surface area contributed by atoms with E-state index in [1.54, 1.807) is 18.2 Å². The Kier molecular flexibility index (Phi) is 2.56. The molecule has 0 N–H and O–H groups in total. The number of hydrogen-bond acceptors (Lipinski definition) is 2. The van der Waals surface area contributed by atoms with E-state index in [4.69, 9.17) is 28.5 Å². The van der Waals surface area contributed by atoms with E-state index in [1.165, 1.54) is 12.1 Å². The van der Waals surface area contributed by atoms with Crippen LogP contribution in [0.1, 0.15) is 0 Å². The van der Waals surface area contributed by atoms with Crippen molar-refractivity contribution in [1.82, 2.24) is 0 Å². The number of carbonyl (C=O) groups is 1. The van der Waals surface area contributed by atoms with E-state index in [-0.39, 0.29) is 0 Å². The molecule has 0 radical (unpaired) electrons. The van der Waals surface area contributed by atoms with Gasteiger partial charge in [0.1, 0.15) is 6.07 Å². The number of halogens is 2. The summed E-state index contributed by atoms with van der Waals surface area (Å²) in [5.41, 5.74) is 0. The van der Waals surface area contributed by atoms with Crippen LogP contribution in [-0.2, 0) is 4.79 Å². The zero-order chi connectivity index (χ0) is 9.19. The maximum atomic E-state index is 11.0. The quantitative estimate of drug-likeness (QED) is 0.480. The molecule has 0 saturated carbocycles. The van der Waals surface area contributed by atoms with Crippen LogP contribution in [0.15, 0.2) is 24.3 Å². The normalized spacial score (nSPS) is 32.9. The molecule has 0 saturated heterocycles. The second-order valence-corrected chi connectivity index (χ2v) is 3.45. The fourth-order valence-electron chi connectivity index (χ4n) is 0.876. The minimum atomic E-state index is -1.38. The van der Waals surface area contributed by atoms with Crippen molar-refractivity contribution in [2.45, 2.75) is 10.3 Å². The fourth-order valence-corrected chi connectivity index (χ4v) is 1.32. The molecule has 4 heteroatoms. The summed E-state index contributed by atoms with van der Waals surface area (Å²) in [6, 6.07) is 1.47. The average Bonchev–Trinajstić information content (AvgIpc) is 2.09. The highest BCUT2D eigenvalue weighted by molar-refractivity contribution is 6.45. The van der Waals surface area contributed by atoms with Gasteiger partial charge in [-0.05, 0) is 0 Å². The Balaban J connectivity index is 3.00. The largest absolute Gasteiger partial charge is 0.280 e. The number of ketones is 1. The van der Waals surface area contributed by atoms with Crippen LogP contribution in [0.3, 0.4) is 0 Å². The molecule has 0 aliphatic heterocycles. The maximum Gasteiger partial charge on any atom is 0.258 e. The van der Waals surface area contributed by atoms with Crippen molar-refractivity contribution in [2.75, 3.05) is 0 Å². The minimum absolute atomic E-state index is 0.656. The lowest BCUT2D eigenvalue weighted by Gasteiger charge is -2.23. The first-order valence-corrected chi connectivity index (χ1v) is 4.06. The highest BCUT2D eigenvalue weighted by Gasteiger charge is 2.40. The molecule has 0 spiro atoms. The summed E-state index contributed by atoms with van der Waals surface area (Å²) in [7, 11) is 0. The molecule has 2 atom stereocenters. The second-order valence-electron chi connectivity index (χ2n) is 2.35. The average molecular weight is 202 g/mol. The topological polar surface area (TPSA) is 40.9 Å². The van der Waals surface area contributed by atoms with Gasteiger partial charge in [0.2, 0.25) is 0 Å². The molecule has 0 heterocycles. The predicted molar refractivity (Wildman–Crippen MR) is 47.1 cm³/mol. The first-order chi connectivity index (χ1) is 5.61. The lowest BCUT2D eigenvalue weighted by atomic mass is 9.95. The van der Waals surface area contributed by atoms with Crippen LogP contribution < -0.4 is 0 Å². The molecule has 2 unspecified atom stereocenters. The molecular formula is C8H5Cl2NO. The lowest BCUT2D eigenvalue weighted by molar-refractivity contribution is -0.115. The molecule has 0 bridgehead atoms. The van der Waals surface area contributed by atoms with Crippen molar-refractivity contribution < 1.29 is 4.79 Å². The van der Waals surface area contributed by atoms with E-state index in [9.17, 15) is 4.79 Å². The summed E-state index contributed by atoms with van der Waals surface area (Å²) in [6.07, 6.45) is 6.28. The Morgan fingerprint density at radius 2 is 2.25 bits per heavy atom. The first kappa shape index (κ1) is 9.31. The zero-order valence-electron chi connectivity index (χ0n) is 6.00. The van der Waals surface area contributed by atoms with Gasteiger partial charge in [-0.1, -0.05) is 24.3 Å². The van der Waals surface area contributed by atoms with Gasteiger partial charge in [-0.15, -0.1) is 23.2 Å². The van der Waals surface area contributed by atoms with Gasteiger partial charge in [0.05, 0.1) is 5.38 Å². The number of hydrogen-bond donors (Lipinski definition) is 0. The molecule has 0 aromatic rings. The SMILES string of the molecule is N#CC(=O)C1(Cl)C=CC=CC1Cl. The predicted octanol–water partition coefficient (Wildman–Crippen LogP) is 1.79. The minimum Gasteiger partial charge on any atom is -0.280 e. The van der Waals surface area contributed by atoms with E-state index in [1.807, 2.05) is 0 Å². The summed E-state index contributed by atoms with van der Waals surface area (Å²) in [4.78, 5) is 9.65. The molecule has 2 nitrogen and oxygen atoms in total. The Morgan fingerprint density at radius 3 is 2.75 bits per heavy atom. The van der Waals surface area contributed by atoms with Crippen molar-refractivity contribution >= 4 is 29.0 Å². The summed E-state index contributed by atoms with van der Waals surface area (Å²) in [6.45, 7) is 0. The third-order valence-corrected chi connectivity index (χ3v) is 2.71. The Labute approximate surface area is 80.1 Å². The van der Waals surface area contributed by atoms with Crippen molar-refractivity contribution in [3.05, 3.63) is 24.3 Å². The number of rotatable bonds is 1. The lowest BCUT2D eigenvalue weighted by Crippen LogP contribution is -2.38. The summed E-state index contributed by atoms with van der Waals surface area (Å²) in [5, 5.41) is 7.71. The van der Waals surface area contributed by atoms with Crippen LogP contribution in [-0.4, -0.2) is 16.0 Å². The van der Waals surface area contributed by atoms with Crippen LogP contribution in [0.25, 0.3) is 0 Å². The molecule has 12 heavy (non-hydrogen) atoms. The Hall–Kier alpha value is -0.780. The van der Waals surface area contributed by atoms with Crippen molar-refractivity contribution in [3.8, 4) is 6.07 Å². The first-order valence-electron chi connectivity index (χ1n) is 3.25. The van der Waals surface area contributed by atoms with Crippen molar-refractivity contribution in [1.29, 1.82) is 5.26 Å². The van der Waals surface area contributed by atoms with Gasteiger partial charge in [0.15, 0.2) is 4.87 Å². The monoisotopic (exact) mass is 201 g/mol. The molecule has 1 rings (SSSR count). The molecule has 0 aromatic carbocycles. The highest BCUT2D eigenvalue weighted by Crippen LogP contribution is 2.30. The number of alkyl halides is 2. The molecule has 1 aliphatic carbocycles. The van der Waals surface area contributed by atoms with Crippen LogP contribution >= 0.6 is 23.2 Å². The molecule has 62 valence electrons. The van der Waals surface area contributed by atoms with Crippen molar-refractivity contribution in [2.24, 2.45) is 0 Å². The van der Waals surface area contributed by atoms with Gasteiger partial charge in [0.25, 0.3) is 5.78 Å². The van der Waals surface area contributed by atoms with E-state index in [0.717, 1.165) is 0 Å². The smallest absolute Gasteiger partial charge is 0.258 e. The molecule has 0 aromatic heterocycles. The number of carbonyl (C=O) groups excluding carboxylic acids is 1. The summed E-state index contributed by atoms with van der Waals surface area (Å²) < 4.78 is 0. The van der Waals surface area contributed by atoms with Crippen molar-refractivity contribution in [3.63, 3.8) is 0 Å². The van der Waals surface area contributed by atoms with E-state index >= 15 is 0 Å². The number of nitriles is 1. The van der Waals surface area contributed by atoms with Crippen LogP contribution in [0, 0.1) is 11.3 Å². The van der Waals surface area contributed by atoms with E-state index < -0.39 is 16.0 Å². The second kappa shape index (κ2) is 3.30. The third kappa shape index (κ3) is 1.38. The van der Waals surface area contributed by atoms with Crippen LogP contribution in [0.5, 0.6) is 0 Å². The van der Waals surface area contributed by atoms with Gasteiger partial charge in [0, 0.05) is 0 Å². The number of Topliss-reactive ketones (excluding diaryl/α,β-unsaturated/α-hetero) is 1. The maximum absolute atomic E-state index is 11.0. The van der Waals surface area contributed by atoms with Crippen LogP contribution in [0.2, 0.25) is 0 Å². The van der Waals surface area contributed by atoms with Gasteiger partial charge in [-0.3, -0.25) is 4.79 Å². The highest BCUT2D eigenvalue weighted by atomic mass is 35.5. The van der Waals surface area contributed by atoms with Gasteiger partial charge in [-0.2, -0.15) is 5.26 Å². The zero-order valence-corrected chi connectivity index (χ0v) is 7.51. The molecule has 0 amide bonds. The number of allylic oxidation sites excluding steroid dienone is 4. The van der Waals surface area contributed by atoms with Gasteiger partial charge in [-0.25, -0.2) is 0 Å². The molecule has 0 fully saturated rings. The van der Waals surface area contributed by atoms with Crippen LogP contribution in [0.4, 0.5) is 0 Å². The van der Waals surface area contributed by atoms with Gasteiger partial charge < -0.3 is 0 Å².